The van der Waals surface area contributed by atoms with Crippen molar-refractivity contribution < 1.29 is 27.9 Å². The summed E-state index contributed by atoms with van der Waals surface area (Å²) < 4.78 is 36.3. The lowest BCUT2D eigenvalue weighted by Gasteiger charge is -2.19. The number of benzene rings is 4. The zero-order valence-corrected chi connectivity index (χ0v) is 36.7. The Morgan fingerprint density at radius 2 is 1.41 bits per heavy atom. The number of aryl methyl sites for hydroxylation is 1. The third kappa shape index (κ3) is 10.3. The normalized spacial score (nSPS) is 12.1. The van der Waals surface area contributed by atoms with Crippen LogP contribution in [0.3, 0.4) is 0 Å². The lowest BCUT2D eigenvalue weighted by Crippen LogP contribution is -2.39. The fourth-order valence-electron chi connectivity index (χ4n) is 7.90. The molecule has 1 atom stereocenters. The first-order valence-corrected chi connectivity index (χ1v) is 23.2. The third-order valence-corrected chi connectivity index (χ3v) is 13.2. The molecule has 0 radical (unpaired) electrons. The number of carbonyl (C=O) groups is 2. The highest BCUT2D eigenvalue weighted by atomic mass is 35.5. The first kappa shape index (κ1) is 44.9. The lowest BCUT2D eigenvalue weighted by atomic mass is 9.96. The smallest absolute Gasteiger partial charge is 0.335 e. The van der Waals surface area contributed by atoms with E-state index in [1.54, 1.807) is 43.3 Å². The number of unbranched alkanes of at least 4 members (excludes halogenated alkanes) is 9. The van der Waals surface area contributed by atoms with E-state index in [1.165, 1.54) is 54.9 Å². The quantitative estimate of drug-likeness (QED) is 0.0393. The number of sulfone groups is 1. The first-order valence-electron chi connectivity index (χ1n) is 21.2. The molecule has 6 aromatic rings. The molecule has 0 fully saturated rings. The van der Waals surface area contributed by atoms with Gasteiger partial charge in [0.15, 0.2) is 21.7 Å². The molecule has 61 heavy (non-hydrogen) atoms. The summed E-state index contributed by atoms with van der Waals surface area (Å²) >= 11 is 6.69. The second kappa shape index (κ2) is 20.8. The van der Waals surface area contributed by atoms with Gasteiger partial charge < -0.3 is 19.7 Å². The Morgan fingerprint density at radius 3 is 2.05 bits per heavy atom. The predicted octanol–water partition coefficient (Wildman–Crippen LogP) is 10.4. The van der Waals surface area contributed by atoms with E-state index < -0.39 is 39.1 Å². The zero-order chi connectivity index (χ0) is 43.5. The number of Topliss-reactive ketones (excluding diaryl/α,β-unsaturated/α-hetero) is 1. The Bertz CT molecular complexity index is 2620. The molecular weight excluding hydrogens is 812 g/mol. The zero-order valence-electron chi connectivity index (χ0n) is 35.1. The van der Waals surface area contributed by atoms with Crippen LogP contribution in [-0.2, 0) is 28.2 Å². The summed E-state index contributed by atoms with van der Waals surface area (Å²) in [6, 6.07) is 27.6. The molecule has 0 saturated carbocycles. The summed E-state index contributed by atoms with van der Waals surface area (Å²) in [5, 5.41) is 15.0. The van der Waals surface area contributed by atoms with Crippen LogP contribution in [0.5, 0.6) is 11.8 Å². The lowest BCUT2D eigenvalue weighted by molar-refractivity contribution is -0.118. The number of imidazole rings is 1. The minimum absolute atomic E-state index is 0.00974. The number of rotatable bonds is 22. The maximum absolute atomic E-state index is 15.3. The fraction of sp³-hybridized carbons (Fsp3) is 0.354. The number of ketones is 1. The van der Waals surface area contributed by atoms with Gasteiger partial charge in [-0.15, -0.1) is 0 Å². The molecule has 2 N–H and O–H groups in total. The molecule has 0 bridgehead atoms. The fourth-order valence-corrected chi connectivity index (χ4v) is 9.59. The summed E-state index contributed by atoms with van der Waals surface area (Å²) in [5.41, 5.74) is 1.92. The number of halogens is 1. The molecule has 0 saturated heterocycles. The van der Waals surface area contributed by atoms with Crippen molar-refractivity contribution in [2.75, 3.05) is 17.7 Å². The molecule has 322 valence electrons. The van der Waals surface area contributed by atoms with Crippen LogP contribution in [0.15, 0.2) is 113 Å². The largest absolute Gasteiger partial charge is 0.491 e. The van der Waals surface area contributed by atoms with Crippen LogP contribution in [0.4, 0.5) is 5.69 Å². The number of hydrogen-bond acceptors (Lipinski definition) is 7. The minimum atomic E-state index is -3.69. The molecular formula is C48H55ClN4O7S. The highest BCUT2D eigenvalue weighted by Crippen LogP contribution is 2.38. The number of amides is 1. The van der Waals surface area contributed by atoms with Crippen LogP contribution in [-0.4, -0.2) is 51.3 Å². The van der Waals surface area contributed by atoms with Crippen molar-refractivity contribution >= 4 is 49.7 Å². The van der Waals surface area contributed by atoms with E-state index in [1.807, 2.05) is 60.1 Å². The van der Waals surface area contributed by atoms with E-state index in [0.29, 0.717) is 34.1 Å². The van der Waals surface area contributed by atoms with Crippen molar-refractivity contribution in [2.45, 2.75) is 95.5 Å². The van der Waals surface area contributed by atoms with Crippen LogP contribution in [0.2, 0.25) is 5.02 Å². The van der Waals surface area contributed by atoms with Gasteiger partial charge in [-0.3, -0.25) is 14.2 Å². The van der Waals surface area contributed by atoms with Crippen LogP contribution >= 0.6 is 11.6 Å². The standard InChI is InChI=1S/C48H55ClN4O7S/c1-4-6-7-8-9-10-11-12-13-22-31-61(58,59)36-29-30-39(38(49)32-36)50-45(55)43(53-46(56)47(60-5-2)52(48(53)57)33-34-23-16-14-17-24-34)44(54)41-37-27-20-21-28-40(37)51(3)42(41)35-25-18-15-19-26-35/h14-21,23-30,32,43,56H,4-13,22,31,33H2,1-3H3,(H,50,55). The minimum Gasteiger partial charge on any atom is -0.491 e. The first-order chi connectivity index (χ1) is 29.5. The van der Waals surface area contributed by atoms with Crippen LogP contribution in [0.25, 0.3) is 22.2 Å². The van der Waals surface area contributed by atoms with Gasteiger partial charge in [0.05, 0.1) is 45.8 Å². The van der Waals surface area contributed by atoms with Gasteiger partial charge in [-0.1, -0.05) is 155 Å². The summed E-state index contributed by atoms with van der Waals surface area (Å²) in [7, 11) is -1.87. The predicted molar refractivity (Wildman–Crippen MR) is 243 cm³/mol. The van der Waals surface area contributed by atoms with Gasteiger partial charge in [-0.25, -0.2) is 17.8 Å². The number of hydrogen-bond donors (Lipinski definition) is 2. The van der Waals surface area contributed by atoms with Crippen molar-refractivity contribution in [1.82, 2.24) is 13.7 Å². The molecule has 4 aromatic carbocycles. The van der Waals surface area contributed by atoms with Gasteiger partial charge in [0.1, 0.15) is 0 Å². The number of anilines is 1. The number of fused-ring (bicyclic) bond motifs is 1. The maximum atomic E-state index is 15.3. The monoisotopic (exact) mass is 866 g/mol. The summed E-state index contributed by atoms with van der Waals surface area (Å²) in [6.45, 7) is 3.94. The molecule has 0 aliphatic rings. The van der Waals surface area contributed by atoms with Crippen molar-refractivity contribution in [1.29, 1.82) is 0 Å². The van der Waals surface area contributed by atoms with E-state index >= 15 is 4.79 Å². The van der Waals surface area contributed by atoms with Gasteiger partial charge in [-0.05, 0) is 48.7 Å². The Labute approximate surface area is 362 Å². The van der Waals surface area contributed by atoms with E-state index in [2.05, 4.69) is 12.2 Å². The Balaban J connectivity index is 1.35. The highest BCUT2D eigenvalue weighted by Gasteiger charge is 2.39. The Morgan fingerprint density at radius 1 is 0.803 bits per heavy atom. The van der Waals surface area contributed by atoms with Crippen LogP contribution in [0.1, 0.15) is 100 Å². The number of aromatic hydroxyl groups is 1. The van der Waals surface area contributed by atoms with Gasteiger partial charge >= 0.3 is 5.69 Å². The molecule has 1 unspecified atom stereocenters. The second-order valence-corrected chi connectivity index (χ2v) is 17.9. The van der Waals surface area contributed by atoms with E-state index in [0.717, 1.165) is 30.3 Å². The average molecular weight is 868 g/mol. The number of para-hydroxylation sites is 1. The molecule has 6 rings (SSSR count). The van der Waals surface area contributed by atoms with Gasteiger partial charge in [-0.2, -0.15) is 0 Å². The SMILES string of the molecule is CCCCCCCCCCCCS(=O)(=O)c1ccc(NC(=O)C(C(=O)c2c(-c3ccccc3)n(C)c3ccccc23)n2c(O)c(OCC)n(Cc3ccccc3)c2=O)c(Cl)c1. The van der Waals surface area contributed by atoms with Gasteiger partial charge in [0.25, 0.3) is 17.7 Å². The summed E-state index contributed by atoms with van der Waals surface area (Å²) in [6.07, 6.45) is 10.7. The van der Waals surface area contributed by atoms with Crippen molar-refractivity contribution in [3.8, 4) is 23.0 Å². The second-order valence-electron chi connectivity index (χ2n) is 15.4. The topological polar surface area (TPSA) is 142 Å². The van der Waals surface area contributed by atoms with E-state index in [9.17, 15) is 23.1 Å². The van der Waals surface area contributed by atoms with Crippen LogP contribution < -0.4 is 15.7 Å². The third-order valence-electron chi connectivity index (χ3n) is 11.0. The number of carbonyl (C=O) groups excluding carboxylic acids is 2. The summed E-state index contributed by atoms with van der Waals surface area (Å²) in [5.74, 6) is -2.73. The van der Waals surface area contributed by atoms with E-state index in [-0.39, 0.29) is 46.0 Å². The molecule has 13 heteroatoms. The molecule has 2 heterocycles. The number of nitrogens with one attached hydrogen (secondary N) is 1. The van der Waals surface area contributed by atoms with Crippen molar-refractivity contribution in [2.24, 2.45) is 7.05 Å². The number of aromatic nitrogens is 3. The van der Waals surface area contributed by atoms with Gasteiger partial charge in [0, 0.05) is 18.0 Å². The average Bonchev–Trinajstić information content (AvgIpc) is 3.68. The van der Waals surface area contributed by atoms with E-state index in [4.69, 9.17) is 16.3 Å². The molecule has 11 nitrogen and oxygen atoms in total. The highest BCUT2D eigenvalue weighted by molar-refractivity contribution is 7.91. The maximum Gasteiger partial charge on any atom is 0.335 e. The number of nitrogens with zero attached hydrogens (tertiary/aromatic N) is 3. The summed E-state index contributed by atoms with van der Waals surface area (Å²) in [4.78, 5) is 44.7. The Kier molecular flexibility index (Phi) is 15.3. The molecule has 0 spiro atoms. The Hall–Kier alpha value is -5.59. The van der Waals surface area contributed by atoms with Crippen molar-refractivity contribution in [3.05, 3.63) is 130 Å². The van der Waals surface area contributed by atoms with Crippen LogP contribution in [0, 0.1) is 0 Å². The van der Waals surface area contributed by atoms with Gasteiger partial charge in [0.2, 0.25) is 0 Å². The molecule has 0 aliphatic carbocycles. The number of ether oxygens (including phenoxy) is 1. The molecule has 2 aromatic heterocycles. The molecule has 0 aliphatic heterocycles. The van der Waals surface area contributed by atoms with Crippen molar-refractivity contribution in [3.63, 3.8) is 0 Å². The molecule has 1 amide bonds.